The van der Waals surface area contributed by atoms with Crippen LogP contribution in [0.5, 0.6) is 11.5 Å². The predicted molar refractivity (Wildman–Crippen MR) is 66.0 cm³/mol. The highest BCUT2D eigenvalue weighted by molar-refractivity contribution is 5.30. The summed E-state index contributed by atoms with van der Waals surface area (Å²) in [5, 5.41) is 0. The first-order valence-corrected chi connectivity index (χ1v) is 5.52. The highest BCUT2D eigenvalue weighted by Gasteiger charge is 2.00. The van der Waals surface area contributed by atoms with Gasteiger partial charge in [0.05, 0.1) is 12.4 Å². The minimum absolute atomic E-state index is 0.608. The average Bonchev–Trinajstić information content (AvgIpc) is 2.33. The lowest BCUT2D eigenvalue weighted by molar-refractivity contribution is 0.477. The lowest BCUT2D eigenvalue weighted by atomic mass is 10.2. The van der Waals surface area contributed by atoms with Crippen LogP contribution in [-0.2, 0) is 6.42 Å². The second-order valence-electron chi connectivity index (χ2n) is 3.80. The molecular weight excluding hydrogens is 214 g/mol. The van der Waals surface area contributed by atoms with Crippen LogP contribution in [0.15, 0.2) is 36.8 Å². The minimum atomic E-state index is 0.608. The van der Waals surface area contributed by atoms with E-state index in [1.54, 1.807) is 18.6 Å². The molecule has 88 valence electrons. The maximum absolute atomic E-state index is 5.65. The van der Waals surface area contributed by atoms with Gasteiger partial charge in [0, 0.05) is 11.9 Å². The van der Waals surface area contributed by atoms with Crippen LogP contribution in [0.3, 0.4) is 0 Å². The zero-order chi connectivity index (χ0) is 12.1. The quantitative estimate of drug-likeness (QED) is 0.872. The van der Waals surface area contributed by atoms with Crippen molar-refractivity contribution in [3.8, 4) is 11.5 Å². The lowest BCUT2D eigenvalue weighted by Crippen LogP contribution is -2.03. The number of ether oxygens (including phenoxy) is 1. The number of hydrogen-bond acceptors (Lipinski definition) is 4. The normalized spacial score (nSPS) is 10.2. The summed E-state index contributed by atoms with van der Waals surface area (Å²) in [6, 6.07) is 5.74. The van der Waals surface area contributed by atoms with Crippen LogP contribution in [0, 0.1) is 6.92 Å². The highest BCUT2D eigenvalue weighted by atomic mass is 16.5. The second kappa shape index (κ2) is 5.41. The molecule has 0 aliphatic carbocycles. The molecule has 0 fully saturated rings. The summed E-state index contributed by atoms with van der Waals surface area (Å²) in [4.78, 5) is 8.28. The molecule has 2 N–H and O–H groups in total. The monoisotopic (exact) mass is 229 g/mol. The molecule has 0 saturated heterocycles. The Bertz CT molecular complexity index is 482. The molecule has 0 saturated carbocycles. The van der Waals surface area contributed by atoms with Crippen LogP contribution in [0.2, 0.25) is 0 Å². The number of aromatic nitrogens is 2. The molecule has 0 aliphatic heterocycles. The smallest absolute Gasteiger partial charge is 0.146 e. The zero-order valence-corrected chi connectivity index (χ0v) is 9.76. The third kappa shape index (κ3) is 3.26. The van der Waals surface area contributed by atoms with E-state index in [0.717, 1.165) is 17.7 Å². The number of rotatable bonds is 4. The van der Waals surface area contributed by atoms with Gasteiger partial charge in [0.25, 0.3) is 0 Å². The Balaban J connectivity index is 2.12. The summed E-state index contributed by atoms with van der Waals surface area (Å²) in [5.74, 6) is 1.42. The summed E-state index contributed by atoms with van der Waals surface area (Å²) in [6.07, 6.45) is 5.98. The maximum Gasteiger partial charge on any atom is 0.146 e. The Morgan fingerprint density at radius 3 is 2.76 bits per heavy atom. The summed E-state index contributed by atoms with van der Waals surface area (Å²) in [6.45, 7) is 2.55. The van der Waals surface area contributed by atoms with E-state index in [1.807, 2.05) is 25.1 Å². The van der Waals surface area contributed by atoms with Gasteiger partial charge in [-0.05, 0) is 43.7 Å². The molecule has 4 nitrogen and oxygen atoms in total. The Morgan fingerprint density at radius 1 is 1.18 bits per heavy atom. The van der Waals surface area contributed by atoms with Gasteiger partial charge in [-0.2, -0.15) is 0 Å². The van der Waals surface area contributed by atoms with Gasteiger partial charge < -0.3 is 10.5 Å². The van der Waals surface area contributed by atoms with Crippen molar-refractivity contribution in [3.05, 3.63) is 48.0 Å². The van der Waals surface area contributed by atoms with E-state index in [0.29, 0.717) is 18.0 Å². The van der Waals surface area contributed by atoms with Crippen molar-refractivity contribution < 1.29 is 4.74 Å². The summed E-state index contributed by atoms with van der Waals surface area (Å²) >= 11 is 0. The molecule has 0 aromatic carbocycles. The Labute approximate surface area is 100 Å². The van der Waals surface area contributed by atoms with E-state index in [4.69, 9.17) is 10.5 Å². The largest absolute Gasteiger partial charge is 0.454 e. The third-order valence-electron chi connectivity index (χ3n) is 2.32. The van der Waals surface area contributed by atoms with E-state index < -0.39 is 0 Å². The fourth-order valence-corrected chi connectivity index (χ4v) is 1.47. The van der Waals surface area contributed by atoms with Gasteiger partial charge >= 0.3 is 0 Å². The van der Waals surface area contributed by atoms with E-state index in [1.165, 1.54) is 0 Å². The van der Waals surface area contributed by atoms with Gasteiger partial charge in [-0.25, -0.2) is 0 Å². The molecule has 2 heterocycles. The van der Waals surface area contributed by atoms with Gasteiger partial charge in [0.2, 0.25) is 0 Å². The molecule has 0 aliphatic rings. The fourth-order valence-electron chi connectivity index (χ4n) is 1.47. The van der Waals surface area contributed by atoms with Gasteiger partial charge in [-0.15, -0.1) is 0 Å². The molecular formula is C13H15N3O. The first-order valence-electron chi connectivity index (χ1n) is 5.52. The molecule has 0 radical (unpaired) electrons. The van der Waals surface area contributed by atoms with Crippen molar-refractivity contribution in [3.63, 3.8) is 0 Å². The van der Waals surface area contributed by atoms with Crippen LogP contribution < -0.4 is 10.5 Å². The van der Waals surface area contributed by atoms with Gasteiger partial charge in [-0.3, -0.25) is 9.97 Å². The Kier molecular flexibility index (Phi) is 3.67. The van der Waals surface area contributed by atoms with Crippen molar-refractivity contribution in [1.29, 1.82) is 0 Å². The average molecular weight is 229 g/mol. The molecule has 0 atom stereocenters. The van der Waals surface area contributed by atoms with Crippen molar-refractivity contribution in [2.24, 2.45) is 5.73 Å². The molecule has 0 spiro atoms. The van der Waals surface area contributed by atoms with E-state index in [2.05, 4.69) is 9.97 Å². The SMILES string of the molecule is Cc1ccc(Oc2cncc(CCN)c2)cn1. The molecule has 2 rings (SSSR count). The molecule has 0 amide bonds. The van der Waals surface area contributed by atoms with Crippen LogP contribution in [0.4, 0.5) is 0 Å². The van der Waals surface area contributed by atoms with E-state index in [9.17, 15) is 0 Å². The zero-order valence-electron chi connectivity index (χ0n) is 9.76. The molecule has 0 unspecified atom stereocenters. The minimum Gasteiger partial charge on any atom is -0.454 e. The molecule has 2 aromatic heterocycles. The second-order valence-corrected chi connectivity index (χ2v) is 3.80. The molecule has 4 heteroatoms. The van der Waals surface area contributed by atoms with Crippen LogP contribution in [0.25, 0.3) is 0 Å². The Hall–Kier alpha value is -1.94. The highest BCUT2D eigenvalue weighted by Crippen LogP contribution is 2.20. The summed E-state index contributed by atoms with van der Waals surface area (Å²) < 4.78 is 5.65. The summed E-state index contributed by atoms with van der Waals surface area (Å²) in [5.41, 5.74) is 7.54. The topological polar surface area (TPSA) is 61.0 Å². The van der Waals surface area contributed by atoms with Gasteiger partial charge in [0.15, 0.2) is 0 Å². The Morgan fingerprint density at radius 2 is 2.06 bits per heavy atom. The number of nitrogens with zero attached hydrogens (tertiary/aromatic N) is 2. The molecule has 0 bridgehead atoms. The van der Waals surface area contributed by atoms with Crippen molar-refractivity contribution in [2.45, 2.75) is 13.3 Å². The van der Waals surface area contributed by atoms with Crippen LogP contribution >= 0.6 is 0 Å². The van der Waals surface area contributed by atoms with Gasteiger partial charge in [-0.1, -0.05) is 0 Å². The maximum atomic E-state index is 5.65. The predicted octanol–water partition coefficient (Wildman–Crippen LogP) is 2.08. The lowest BCUT2D eigenvalue weighted by Gasteiger charge is -2.06. The van der Waals surface area contributed by atoms with E-state index >= 15 is 0 Å². The van der Waals surface area contributed by atoms with Gasteiger partial charge in [0.1, 0.15) is 11.5 Å². The third-order valence-corrected chi connectivity index (χ3v) is 2.32. The van der Waals surface area contributed by atoms with Crippen molar-refractivity contribution >= 4 is 0 Å². The van der Waals surface area contributed by atoms with E-state index in [-0.39, 0.29) is 0 Å². The number of hydrogen-bond donors (Lipinski definition) is 1. The standard InChI is InChI=1S/C13H15N3O/c1-10-2-3-12(9-16-10)17-13-6-11(4-5-14)7-15-8-13/h2-3,6-9H,4-5,14H2,1H3. The van der Waals surface area contributed by atoms with Crippen LogP contribution in [-0.4, -0.2) is 16.5 Å². The first kappa shape index (κ1) is 11.5. The number of nitrogens with two attached hydrogens (primary N) is 1. The summed E-state index contributed by atoms with van der Waals surface area (Å²) in [7, 11) is 0. The number of pyridine rings is 2. The molecule has 2 aromatic rings. The molecule has 17 heavy (non-hydrogen) atoms. The van der Waals surface area contributed by atoms with Crippen molar-refractivity contribution in [2.75, 3.05) is 6.54 Å². The van der Waals surface area contributed by atoms with Crippen molar-refractivity contribution in [1.82, 2.24) is 9.97 Å². The first-order chi connectivity index (χ1) is 8.28. The van der Waals surface area contributed by atoms with Crippen LogP contribution in [0.1, 0.15) is 11.3 Å². The number of aryl methyl sites for hydroxylation is 1. The fraction of sp³-hybridized carbons (Fsp3) is 0.231.